The fraction of sp³-hybridized carbons (Fsp3) is 0.136. The number of hydrogen-bond donors (Lipinski definition) is 0. The summed E-state index contributed by atoms with van der Waals surface area (Å²) < 4.78 is 11.4. The molecule has 0 N–H and O–H groups in total. The van der Waals surface area contributed by atoms with Crippen molar-refractivity contribution in [1.29, 1.82) is 0 Å². The molecule has 0 aliphatic heterocycles. The topological polar surface area (TPSA) is 30.8 Å². The first-order valence-electron chi connectivity index (χ1n) is 8.58. The van der Waals surface area contributed by atoms with Gasteiger partial charge in [-0.1, -0.05) is 35.3 Å². The van der Waals surface area contributed by atoms with Gasteiger partial charge in [0, 0.05) is 21.8 Å². The summed E-state index contributed by atoms with van der Waals surface area (Å²) >= 11 is 12.1. The third-order valence-corrected chi connectivity index (χ3v) is 4.27. The Morgan fingerprint density at radius 3 is 2.26 bits per heavy atom. The number of rotatable bonds is 7. The van der Waals surface area contributed by atoms with E-state index in [-0.39, 0.29) is 0 Å². The number of aliphatic imine (C=N–C) groups is 1. The van der Waals surface area contributed by atoms with Crippen molar-refractivity contribution < 1.29 is 9.47 Å². The second-order valence-electron chi connectivity index (χ2n) is 5.78. The molecule has 0 amide bonds. The molecule has 3 nitrogen and oxygen atoms in total. The van der Waals surface area contributed by atoms with E-state index in [1.54, 1.807) is 12.3 Å². The molecule has 3 rings (SSSR count). The van der Waals surface area contributed by atoms with Crippen LogP contribution in [-0.2, 0) is 6.61 Å². The minimum Gasteiger partial charge on any atom is -0.494 e. The van der Waals surface area contributed by atoms with Gasteiger partial charge in [-0.25, -0.2) is 0 Å². The van der Waals surface area contributed by atoms with Gasteiger partial charge in [-0.3, -0.25) is 4.99 Å². The highest BCUT2D eigenvalue weighted by Gasteiger charge is 2.04. The predicted octanol–water partition coefficient (Wildman–Crippen LogP) is 6.72. The molecule has 0 bridgehead atoms. The van der Waals surface area contributed by atoms with Crippen LogP contribution in [0.25, 0.3) is 0 Å². The summed E-state index contributed by atoms with van der Waals surface area (Å²) in [6.45, 7) is 3.03. The Morgan fingerprint density at radius 2 is 1.56 bits per heavy atom. The van der Waals surface area contributed by atoms with Crippen LogP contribution < -0.4 is 9.47 Å². The molecule has 0 radical (unpaired) electrons. The minimum absolute atomic E-state index is 0.433. The van der Waals surface area contributed by atoms with Gasteiger partial charge in [-0.15, -0.1) is 0 Å². The largest absolute Gasteiger partial charge is 0.494 e. The first-order chi connectivity index (χ1) is 13.1. The third-order valence-electron chi connectivity index (χ3n) is 3.78. The van der Waals surface area contributed by atoms with E-state index in [0.717, 1.165) is 22.6 Å². The van der Waals surface area contributed by atoms with E-state index in [2.05, 4.69) is 4.99 Å². The average molecular weight is 400 g/mol. The normalized spacial score (nSPS) is 10.9. The molecule has 0 aliphatic rings. The van der Waals surface area contributed by atoms with Crippen molar-refractivity contribution in [3.63, 3.8) is 0 Å². The Kier molecular flexibility index (Phi) is 6.74. The highest BCUT2D eigenvalue weighted by Crippen LogP contribution is 2.24. The second-order valence-corrected chi connectivity index (χ2v) is 6.66. The Balaban J connectivity index is 1.74. The van der Waals surface area contributed by atoms with Crippen molar-refractivity contribution in [3.8, 4) is 11.5 Å². The summed E-state index contributed by atoms with van der Waals surface area (Å²) in [6.07, 6.45) is 1.75. The van der Waals surface area contributed by atoms with Crippen LogP contribution in [0.5, 0.6) is 11.5 Å². The van der Waals surface area contributed by atoms with Crippen molar-refractivity contribution in [2.24, 2.45) is 4.99 Å². The van der Waals surface area contributed by atoms with Crippen molar-refractivity contribution in [2.45, 2.75) is 13.5 Å². The van der Waals surface area contributed by atoms with E-state index < -0.39 is 0 Å². The fourth-order valence-corrected chi connectivity index (χ4v) is 2.74. The van der Waals surface area contributed by atoms with Crippen molar-refractivity contribution in [3.05, 3.63) is 87.9 Å². The highest BCUT2D eigenvalue weighted by molar-refractivity contribution is 6.31. The Hall–Kier alpha value is -2.49. The molecule has 3 aromatic rings. The van der Waals surface area contributed by atoms with E-state index in [0.29, 0.717) is 29.0 Å². The van der Waals surface area contributed by atoms with Gasteiger partial charge < -0.3 is 9.47 Å². The molecule has 5 heteroatoms. The van der Waals surface area contributed by atoms with Gasteiger partial charge in [0.25, 0.3) is 0 Å². The maximum atomic E-state index is 6.14. The van der Waals surface area contributed by atoms with Crippen molar-refractivity contribution in [2.75, 3.05) is 6.61 Å². The van der Waals surface area contributed by atoms with E-state index in [4.69, 9.17) is 32.7 Å². The van der Waals surface area contributed by atoms with Crippen molar-refractivity contribution in [1.82, 2.24) is 0 Å². The maximum Gasteiger partial charge on any atom is 0.128 e. The molecule has 0 spiro atoms. The van der Waals surface area contributed by atoms with E-state index in [1.807, 2.05) is 67.6 Å². The lowest BCUT2D eigenvalue weighted by Gasteiger charge is -2.10. The molecule has 0 aromatic heterocycles. The Bertz CT molecular complexity index is 907. The molecule has 0 aliphatic carbocycles. The summed E-state index contributed by atoms with van der Waals surface area (Å²) in [5, 5.41) is 1.33. The van der Waals surface area contributed by atoms with Crippen LogP contribution in [0.15, 0.2) is 71.7 Å². The number of hydrogen-bond acceptors (Lipinski definition) is 3. The summed E-state index contributed by atoms with van der Waals surface area (Å²) in [4.78, 5) is 4.51. The van der Waals surface area contributed by atoms with Crippen LogP contribution in [0, 0.1) is 0 Å². The summed E-state index contributed by atoms with van der Waals surface area (Å²) in [5.41, 5.74) is 2.66. The van der Waals surface area contributed by atoms with Gasteiger partial charge in [0.15, 0.2) is 0 Å². The van der Waals surface area contributed by atoms with E-state index in [9.17, 15) is 0 Å². The molecule has 0 fully saturated rings. The SMILES string of the molecule is CCOc1ccc(N=Cc2cc(Cl)ccc2OCc2ccc(Cl)cc2)cc1. The van der Waals surface area contributed by atoms with Crippen LogP contribution >= 0.6 is 23.2 Å². The van der Waals surface area contributed by atoms with Crippen molar-refractivity contribution >= 4 is 35.1 Å². The third kappa shape index (κ3) is 5.75. The van der Waals surface area contributed by atoms with Crippen LogP contribution in [0.3, 0.4) is 0 Å². The van der Waals surface area contributed by atoms with Gasteiger partial charge in [0.1, 0.15) is 18.1 Å². The van der Waals surface area contributed by atoms with Gasteiger partial charge >= 0.3 is 0 Å². The first-order valence-corrected chi connectivity index (χ1v) is 9.33. The lowest BCUT2D eigenvalue weighted by Crippen LogP contribution is -1.98. The zero-order valence-corrected chi connectivity index (χ0v) is 16.4. The molecule has 0 saturated heterocycles. The van der Waals surface area contributed by atoms with Gasteiger partial charge in [-0.05, 0) is 67.1 Å². The fourth-order valence-electron chi connectivity index (χ4n) is 2.43. The number of halogens is 2. The van der Waals surface area contributed by atoms with Crippen LogP contribution in [-0.4, -0.2) is 12.8 Å². The van der Waals surface area contributed by atoms with E-state index in [1.165, 1.54) is 0 Å². The molecule has 0 unspecified atom stereocenters. The quantitative estimate of drug-likeness (QED) is 0.412. The Morgan fingerprint density at radius 1 is 0.852 bits per heavy atom. The number of ether oxygens (including phenoxy) is 2. The van der Waals surface area contributed by atoms with E-state index >= 15 is 0 Å². The number of nitrogens with zero attached hydrogens (tertiary/aromatic N) is 1. The predicted molar refractivity (Wildman–Crippen MR) is 112 cm³/mol. The standard InChI is InChI=1S/C22H19Cl2NO2/c1-2-26-21-10-8-20(9-11-21)25-14-17-13-19(24)7-12-22(17)27-15-16-3-5-18(23)6-4-16/h3-14H,2,15H2,1H3. The van der Waals surface area contributed by atoms with Gasteiger partial charge in [-0.2, -0.15) is 0 Å². The van der Waals surface area contributed by atoms with Gasteiger partial charge in [0.2, 0.25) is 0 Å². The van der Waals surface area contributed by atoms with Crippen LogP contribution in [0.1, 0.15) is 18.1 Å². The molecule has 0 atom stereocenters. The smallest absolute Gasteiger partial charge is 0.128 e. The summed E-state index contributed by atoms with van der Waals surface area (Å²) in [7, 11) is 0. The van der Waals surface area contributed by atoms with Crippen LogP contribution in [0.2, 0.25) is 10.0 Å². The molecule has 3 aromatic carbocycles. The molecular formula is C22H19Cl2NO2. The molecular weight excluding hydrogens is 381 g/mol. The lowest BCUT2D eigenvalue weighted by molar-refractivity contribution is 0.306. The highest BCUT2D eigenvalue weighted by atomic mass is 35.5. The average Bonchev–Trinajstić information content (AvgIpc) is 2.68. The maximum absolute atomic E-state index is 6.14. The van der Waals surface area contributed by atoms with Crippen LogP contribution in [0.4, 0.5) is 5.69 Å². The lowest BCUT2D eigenvalue weighted by atomic mass is 10.2. The first kappa shape index (κ1) is 19.3. The summed E-state index contributed by atoms with van der Waals surface area (Å²) in [5.74, 6) is 1.54. The second kappa shape index (κ2) is 9.45. The number of benzene rings is 3. The molecule has 0 saturated carbocycles. The monoisotopic (exact) mass is 399 g/mol. The molecule has 27 heavy (non-hydrogen) atoms. The molecule has 0 heterocycles. The minimum atomic E-state index is 0.433. The zero-order valence-electron chi connectivity index (χ0n) is 14.9. The zero-order chi connectivity index (χ0) is 19.1. The molecule has 138 valence electrons. The summed E-state index contributed by atoms with van der Waals surface area (Å²) in [6, 6.07) is 20.6. The Labute approximate surface area is 169 Å². The van der Waals surface area contributed by atoms with Gasteiger partial charge in [0.05, 0.1) is 12.3 Å².